The highest BCUT2D eigenvalue weighted by molar-refractivity contribution is 7.90. The number of aromatic nitrogens is 2. The number of pyridine rings is 1. The number of piperidine rings is 1. The SMILES string of the molecule is CC(C)Oc1ccccc1[C@@H]1COCCN1[C@@H]1CC2(CCN(c3ccc(C(=O)NS(=O)(=O)c4cc5c(c([N+](=O)[O-])c4)N[C@@H](C4CCC(C)(OP(=O)(O)O)CC4)CO5)c(N4c5cc6cc[nH]c6nc5O[C@H]5COCC[C@@H]54)c3)CC2)[C@@H]1C. The Labute approximate surface area is 464 Å². The third-order valence-corrected chi connectivity index (χ3v) is 20.1. The van der Waals surface area contributed by atoms with E-state index in [9.17, 15) is 37.7 Å². The number of carbonyl (C=O) groups is 1. The number of nitrogens with zero attached hydrogens (tertiary/aromatic N) is 5. The van der Waals surface area contributed by atoms with E-state index in [0.717, 1.165) is 67.3 Å². The summed E-state index contributed by atoms with van der Waals surface area (Å²) in [5, 5.41) is 16.7. The number of amides is 1. The number of rotatable bonds is 13. The second kappa shape index (κ2) is 21.1. The molecule has 24 heteroatoms. The van der Waals surface area contributed by atoms with Crippen LogP contribution >= 0.6 is 7.82 Å². The van der Waals surface area contributed by atoms with Gasteiger partial charge in [0.15, 0.2) is 11.4 Å². The van der Waals surface area contributed by atoms with E-state index < -0.39 is 57.0 Å². The van der Waals surface area contributed by atoms with Crippen LogP contribution in [0.3, 0.4) is 0 Å². The van der Waals surface area contributed by atoms with Crippen molar-refractivity contribution < 1.29 is 60.7 Å². The summed E-state index contributed by atoms with van der Waals surface area (Å²) in [6.07, 6.45) is 6.52. The van der Waals surface area contributed by atoms with Crippen LogP contribution < -0.4 is 34.0 Å². The summed E-state index contributed by atoms with van der Waals surface area (Å²) in [5.74, 6) is 0.540. The molecular weight excluding hydrogens is 1070 g/mol. The van der Waals surface area contributed by atoms with Crippen molar-refractivity contribution in [1.82, 2.24) is 19.6 Å². The second-order valence-corrected chi connectivity index (χ2v) is 26.1. The molecule has 1 spiro atoms. The number of para-hydroxylation sites is 1. The van der Waals surface area contributed by atoms with E-state index in [4.69, 9.17) is 33.2 Å². The molecule has 2 aliphatic carbocycles. The molecule has 5 N–H and O–H groups in total. The third kappa shape index (κ3) is 10.4. The highest BCUT2D eigenvalue weighted by Crippen LogP contribution is 2.58. The van der Waals surface area contributed by atoms with Gasteiger partial charge in [0.2, 0.25) is 5.88 Å². The van der Waals surface area contributed by atoms with Crippen molar-refractivity contribution in [3.8, 4) is 17.4 Å². The van der Waals surface area contributed by atoms with Crippen molar-refractivity contribution in [2.45, 2.75) is 126 Å². The molecule has 3 aromatic carbocycles. The quantitative estimate of drug-likeness (QED) is 0.0421. The number of phosphoric acid groups is 1. The van der Waals surface area contributed by atoms with Gasteiger partial charge in [0.05, 0.1) is 70.7 Å². The molecule has 428 valence electrons. The highest BCUT2D eigenvalue weighted by atomic mass is 32.2. The number of sulfonamides is 1. The van der Waals surface area contributed by atoms with E-state index in [1.807, 2.05) is 49.1 Å². The van der Waals surface area contributed by atoms with Crippen LogP contribution in [-0.2, 0) is 28.6 Å². The molecule has 1 amide bonds. The number of nitro groups is 1. The summed E-state index contributed by atoms with van der Waals surface area (Å²) < 4.78 is 78.9. The van der Waals surface area contributed by atoms with Gasteiger partial charge >= 0.3 is 7.82 Å². The Morgan fingerprint density at radius 1 is 0.950 bits per heavy atom. The Hall–Kier alpha value is -6.04. The van der Waals surface area contributed by atoms with Crippen LogP contribution in [0, 0.1) is 27.4 Å². The van der Waals surface area contributed by atoms with Gasteiger partial charge in [0, 0.05) is 67.2 Å². The number of benzene rings is 3. The number of aromatic amines is 1. The maximum atomic E-state index is 14.9. The minimum absolute atomic E-state index is 0.00786. The van der Waals surface area contributed by atoms with Crippen LogP contribution in [0.25, 0.3) is 11.0 Å². The van der Waals surface area contributed by atoms with Crippen LogP contribution in [0.2, 0.25) is 0 Å². The minimum atomic E-state index is -4.79. The molecular formula is C56H69N8O14PS. The van der Waals surface area contributed by atoms with E-state index in [1.54, 1.807) is 19.2 Å². The van der Waals surface area contributed by atoms with E-state index in [0.29, 0.717) is 86.8 Å². The molecule has 6 atom stereocenters. The van der Waals surface area contributed by atoms with Gasteiger partial charge in [-0.2, -0.15) is 4.98 Å². The predicted octanol–water partition coefficient (Wildman–Crippen LogP) is 8.36. The largest absolute Gasteiger partial charge is 0.491 e. The predicted molar refractivity (Wildman–Crippen MR) is 296 cm³/mol. The van der Waals surface area contributed by atoms with E-state index in [2.05, 4.69) is 49.9 Å². The molecule has 5 aliphatic heterocycles. The summed E-state index contributed by atoms with van der Waals surface area (Å²) in [5.41, 5.74) is 2.26. The molecule has 7 aliphatic rings. The smallest absolute Gasteiger partial charge is 0.470 e. The monoisotopic (exact) mass is 1140 g/mol. The fourth-order valence-electron chi connectivity index (χ4n) is 13.8. The Balaban J connectivity index is 0.818. The van der Waals surface area contributed by atoms with Gasteiger partial charge in [-0.15, -0.1) is 0 Å². The van der Waals surface area contributed by atoms with Gasteiger partial charge in [-0.1, -0.05) is 25.1 Å². The van der Waals surface area contributed by atoms with Gasteiger partial charge in [-0.25, -0.2) is 17.7 Å². The summed E-state index contributed by atoms with van der Waals surface area (Å²) in [6.45, 7) is 12.5. The topological polar surface area (TPSA) is 270 Å². The molecule has 5 aromatic rings. The van der Waals surface area contributed by atoms with Gasteiger partial charge in [0.25, 0.3) is 21.6 Å². The molecule has 7 heterocycles. The summed E-state index contributed by atoms with van der Waals surface area (Å²) in [6, 6.07) is 19.4. The minimum Gasteiger partial charge on any atom is -0.491 e. The lowest BCUT2D eigenvalue weighted by atomic mass is 9.53. The van der Waals surface area contributed by atoms with Crippen molar-refractivity contribution in [1.29, 1.82) is 0 Å². The number of phosphoric ester groups is 1. The number of carbonyl (C=O) groups excluding carboxylic acids is 1. The summed E-state index contributed by atoms with van der Waals surface area (Å²) in [4.78, 5) is 60.3. The Morgan fingerprint density at radius 2 is 1.73 bits per heavy atom. The summed E-state index contributed by atoms with van der Waals surface area (Å²) >= 11 is 0. The number of morpholine rings is 1. The molecule has 3 saturated heterocycles. The number of H-pyrrole nitrogens is 1. The number of ether oxygens (including phenoxy) is 5. The maximum Gasteiger partial charge on any atom is 0.470 e. The number of anilines is 4. The molecule has 0 bridgehead atoms. The van der Waals surface area contributed by atoms with E-state index in [1.165, 1.54) is 6.07 Å². The van der Waals surface area contributed by atoms with Gasteiger partial charge < -0.3 is 53.6 Å². The van der Waals surface area contributed by atoms with Crippen LogP contribution in [0.4, 0.5) is 28.4 Å². The Bertz CT molecular complexity index is 3360. The fourth-order valence-corrected chi connectivity index (χ4v) is 15.6. The van der Waals surface area contributed by atoms with Gasteiger partial charge in [-0.3, -0.25) is 24.3 Å². The normalized spacial score (nSPS) is 27.7. The lowest BCUT2D eigenvalue weighted by Crippen LogP contribution is -2.63. The van der Waals surface area contributed by atoms with Crippen LogP contribution in [0.1, 0.15) is 101 Å². The number of nitrogens with one attached hydrogen (secondary N) is 3. The second-order valence-electron chi connectivity index (χ2n) is 23.3. The highest BCUT2D eigenvalue weighted by Gasteiger charge is 2.55. The Morgan fingerprint density at radius 3 is 2.48 bits per heavy atom. The average molecular weight is 1140 g/mol. The molecule has 0 radical (unpaired) electrons. The van der Waals surface area contributed by atoms with Crippen molar-refractivity contribution in [3.05, 3.63) is 94.2 Å². The van der Waals surface area contributed by atoms with E-state index in [-0.39, 0.29) is 59.7 Å². The lowest BCUT2D eigenvalue weighted by molar-refractivity contribution is -0.384. The zero-order valence-electron chi connectivity index (χ0n) is 45.2. The number of fused-ring (bicyclic) bond motifs is 4. The standard InChI is InChI=1S/C56H69N8O14PS/c1-33(2)76-48-8-6-5-7-39(48)47-31-74-24-22-62(47)46-29-56(34(46)3)17-20-61(21-18-56)37-9-10-40(43(26-37)63-42-14-23-73-32-50(42)77-54-45(63)25-36-13-19-57-52(36)59-54)53(65)60-80(71,72)38-27-44(64(66)67)51-49(28-38)75-30-41(58-51)35-11-15-55(4,16-12-35)78-79(68,69)70/h5-10,13,19,25-28,33-35,41-42,46-47,50,58H,11-12,14-18,20-24,29-32H2,1-4H3,(H,57,59)(H,60,65)(H2,68,69,70)/t34-,35?,41-,42+,46-,47+,50+,55?/m1/s1. The van der Waals surface area contributed by atoms with Crippen molar-refractivity contribution in [2.75, 3.05) is 67.8 Å². The molecule has 0 unspecified atom stereocenters. The first-order valence-corrected chi connectivity index (χ1v) is 30.8. The van der Waals surface area contributed by atoms with Crippen molar-refractivity contribution >= 4 is 63.2 Å². The third-order valence-electron chi connectivity index (χ3n) is 18.1. The molecule has 22 nitrogen and oxygen atoms in total. The molecule has 12 rings (SSSR count). The maximum absolute atomic E-state index is 14.9. The number of nitro benzene ring substituents is 1. The molecule has 5 fully saturated rings. The van der Waals surface area contributed by atoms with Gasteiger partial charge in [-0.05, 0) is 126 Å². The Kier molecular flexibility index (Phi) is 14.4. The van der Waals surface area contributed by atoms with Crippen LogP contribution in [0.15, 0.2) is 77.8 Å². The molecule has 2 saturated carbocycles. The first kappa shape index (κ1) is 54.5. The van der Waals surface area contributed by atoms with Crippen LogP contribution in [0.5, 0.6) is 17.4 Å². The van der Waals surface area contributed by atoms with E-state index >= 15 is 0 Å². The molecule has 2 aromatic heterocycles. The zero-order valence-corrected chi connectivity index (χ0v) is 47.0. The van der Waals surface area contributed by atoms with Crippen molar-refractivity contribution in [3.63, 3.8) is 0 Å². The van der Waals surface area contributed by atoms with Gasteiger partial charge in [0.1, 0.15) is 29.8 Å². The number of hydrogen-bond acceptors (Lipinski definition) is 17. The molecule has 80 heavy (non-hydrogen) atoms. The van der Waals surface area contributed by atoms with Crippen LogP contribution in [-0.4, -0.2) is 133 Å². The average Bonchev–Trinajstić information content (AvgIpc) is 4.05. The summed E-state index contributed by atoms with van der Waals surface area (Å²) in [7, 11) is -9.52. The fraction of sp³-hybridized carbons (Fsp3) is 0.536. The zero-order chi connectivity index (χ0) is 55.9. The lowest BCUT2D eigenvalue weighted by Gasteiger charge is -2.62. The first-order valence-electron chi connectivity index (χ1n) is 27.8. The van der Waals surface area contributed by atoms with Crippen molar-refractivity contribution in [2.24, 2.45) is 17.3 Å². The number of hydrogen-bond donors (Lipinski definition) is 5. The first-order chi connectivity index (χ1) is 38.3.